The van der Waals surface area contributed by atoms with E-state index in [1.165, 1.54) is 12.1 Å². The molecule has 0 saturated carbocycles. The second kappa shape index (κ2) is 8.98. The number of hydrogen-bond donors (Lipinski definition) is 1. The van der Waals surface area contributed by atoms with Crippen molar-refractivity contribution in [3.8, 4) is 0 Å². The molecule has 3 aromatic rings. The molecule has 0 fully saturated rings. The van der Waals surface area contributed by atoms with Gasteiger partial charge in [-0.25, -0.2) is 13.8 Å². The predicted octanol–water partition coefficient (Wildman–Crippen LogP) is 4.16. The molecule has 1 unspecified atom stereocenters. The van der Waals surface area contributed by atoms with E-state index in [0.29, 0.717) is 18.7 Å². The summed E-state index contributed by atoms with van der Waals surface area (Å²) in [5.74, 6) is -1.52. The summed E-state index contributed by atoms with van der Waals surface area (Å²) < 4.78 is 29.1. The number of carbonyl (C=O) groups is 1. The Kier molecular flexibility index (Phi) is 6.13. The Balaban J connectivity index is 1.62. The number of halogens is 2. The molecule has 31 heavy (non-hydrogen) atoms. The lowest BCUT2D eigenvalue weighted by Gasteiger charge is -2.36. The Morgan fingerprint density at radius 1 is 1.13 bits per heavy atom. The smallest absolute Gasteiger partial charge is 0.243 e. The van der Waals surface area contributed by atoms with Gasteiger partial charge >= 0.3 is 0 Å². The van der Waals surface area contributed by atoms with E-state index >= 15 is 0 Å². The van der Waals surface area contributed by atoms with Gasteiger partial charge in [-0.3, -0.25) is 9.69 Å². The van der Waals surface area contributed by atoms with Crippen LogP contribution in [0, 0.1) is 11.6 Å². The molecule has 5 nitrogen and oxygen atoms in total. The van der Waals surface area contributed by atoms with E-state index in [0.717, 1.165) is 29.4 Å². The van der Waals surface area contributed by atoms with Crippen LogP contribution < -0.4 is 5.32 Å². The van der Waals surface area contributed by atoms with Gasteiger partial charge in [-0.2, -0.15) is 0 Å². The first-order valence-electron chi connectivity index (χ1n) is 10.5. The van der Waals surface area contributed by atoms with Gasteiger partial charge in [0.15, 0.2) is 0 Å². The van der Waals surface area contributed by atoms with Crippen LogP contribution in [0.25, 0.3) is 0 Å². The fraction of sp³-hybridized carbons (Fsp3) is 0.333. The first kappa shape index (κ1) is 21.2. The summed E-state index contributed by atoms with van der Waals surface area (Å²) in [6, 6.07) is 12.9. The zero-order chi connectivity index (χ0) is 22.0. The van der Waals surface area contributed by atoms with Gasteiger partial charge in [-0.05, 0) is 37.1 Å². The Morgan fingerprint density at radius 2 is 1.84 bits per heavy atom. The first-order valence-corrected chi connectivity index (χ1v) is 10.5. The number of nitrogens with zero attached hydrogens (tertiary/aromatic N) is 3. The normalized spacial score (nSPS) is 16.4. The number of imidazole rings is 1. The molecule has 1 aliphatic rings. The molecule has 7 heteroatoms. The minimum absolute atomic E-state index is 0.0499. The Hall–Kier alpha value is -3.06. The zero-order valence-electron chi connectivity index (χ0n) is 17.7. The highest BCUT2D eigenvalue weighted by molar-refractivity contribution is 5.83. The standard InChI is InChI=1S/C24H26F2N4O/c1-16(2)30-15-28-21-8-9-29(14-17-6-4-3-5-7-17)23(22(21)30)24(31)27-13-18-10-19(25)12-20(26)11-18/h3-7,10-12,15-16,23H,8-9,13-14H2,1-2H3,(H,27,31). The number of hydrogen-bond acceptors (Lipinski definition) is 3. The summed E-state index contributed by atoms with van der Waals surface area (Å²) in [6.07, 6.45) is 2.56. The summed E-state index contributed by atoms with van der Waals surface area (Å²) in [7, 11) is 0. The third kappa shape index (κ3) is 4.66. The van der Waals surface area contributed by atoms with Crippen molar-refractivity contribution in [3.05, 3.63) is 89.0 Å². The van der Waals surface area contributed by atoms with Crippen molar-refractivity contribution < 1.29 is 13.6 Å². The van der Waals surface area contributed by atoms with Crippen molar-refractivity contribution in [3.63, 3.8) is 0 Å². The Morgan fingerprint density at radius 3 is 2.52 bits per heavy atom. The lowest BCUT2D eigenvalue weighted by Crippen LogP contribution is -2.45. The number of fused-ring (bicyclic) bond motifs is 1. The summed E-state index contributed by atoms with van der Waals surface area (Å²) in [4.78, 5) is 20.1. The van der Waals surface area contributed by atoms with Gasteiger partial charge in [-0.1, -0.05) is 30.3 Å². The molecule has 0 aliphatic carbocycles. The van der Waals surface area contributed by atoms with Crippen molar-refractivity contribution in [2.24, 2.45) is 0 Å². The van der Waals surface area contributed by atoms with E-state index in [9.17, 15) is 13.6 Å². The van der Waals surface area contributed by atoms with Gasteiger partial charge in [0.2, 0.25) is 5.91 Å². The van der Waals surface area contributed by atoms with Crippen LogP contribution in [0.1, 0.15) is 48.4 Å². The molecular formula is C24H26F2N4O. The molecule has 162 valence electrons. The highest BCUT2D eigenvalue weighted by atomic mass is 19.1. The topological polar surface area (TPSA) is 50.2 Å². The molecule has 1 aromatic heterocycles. The molecule has 2 heterocycles. The minimum Gasteiger partial charge on any atom is -0.350 e. The number of benzene rings is 2. The quantitative estimate of drug-likeness (QED) is 0.647. The van der Waals surface area contributed by atoms with E-state index in [1.54, 1.807) is 6.33 Å². The van der Waals surface area contributed by atoms with Crippen LogP contribution in [0.5, 0.6) is 0 Å². The largest absolute Gasteiger partial charge is 0.350 e. The van der Waals surface area contributed by atoms with Crippen LogP contribution in [-0.2, 0) is 24.3 Å². The minimum atomic E-state index is -0.659. The maximum Gasteiger partial charge on any atom is 0.243 e. The van der Waals surface area contributed by atoms with Gasteiger partial charge in [0.1, 0.15) is 17.7 Å². The summed E-state index contributed by atoms with van der Waals surface area (Å²) in [5, 5.41) is 2.88. The van der Waals surface area contributed by atoms with Crippen molar-refractivity contribution in [2.75, 3.05) is 6.54 Å². The Bertz CT molecular complexity index is 1040. The van der Waals surface area contributed by atoms with Crippen LogP contribution in [-0.4, -0.2) is 26.9 Å². The molecule has 0 saturated heterocycles. The maximum atomic E-state index is 13.5. The van der Waals surface area contributed by atoms with Crippen molar-refractivity contribution in [1.29, 1.82) is 0 Å². The van der Waals surface area contributed by atoms with E-state index in [4.69, 9.17) is 0 Å². The number of amides is 1. The van der Waals surface area contributed by atoms with Crippen molar-refractivity contribution >= 4 is 5.91 Å². The summed E-state index contributed by atoms with van der Waals surface area (Å²) >= 11 is 0. The van der Waals surface area contributed by atoms with Gasteiger partial charge in [-0.15, -0.1) is 0 Å². The van der Waals surface area contributed by atoms with Crippen LogP contribution in [0.2, 0.25) is 0 Å². The van der Waals surface area contributed by atoms with Crippen LogP contribution in [0.15, 0.2) is 54.9 Å². The van der Waals surface area contributed by atoms with Crippen LogP contribution in [0.4, 0.5) is 8.78 Å². The molecule has 0 radical (unpaired) electrons. The average molecular weight is 424 g/mol. The zero-order valence-corrected chi connectivity index (χ0v) is 17.7. The van der Waals surface area contributed by atoms with Crippen molar-refractivity contribution in [1.82, 2.24) is 19.8 Å². The lowest BCUT2D eigenvalue weighted by molar-refractivity contribution is -0.127. The summed E-state index contributed by atoms with van der Waals surface area (Å²) in [6.45, 7) is 5.49. The fourth-order valence-electron chi connectivity index (χ4n) is 4.14. The van der Waals surface area contributed by atoms with Gasteiger partial charge in [0.25, 0.3) is 0 Å². The molecular weight excluding hydrogens is 398 g/mol. The molecule has 1 N–H and O–H groups in total. The number of aromatic nitrogens is 2. The van der Waals surface area contributed by atoms with Gasteiger partial charge < -0.3 is 9.88 Å². The van der Waals surface area contributed by atoms with Gasteiger partial charge in [0.05, 0.1) is 17.7 Å². The fourth-order valence-corrected chi connectivity index (χ4v) is 4.14. The van der Waals surface area contributed by atoms with E-state index < -0.39 is 17.7 Å². The third-order valence-corrected chi connectivity index (χ3v) is 5.59. The lowest BCUT2D eigenvalue weighted by atomic mass is 9.99. The maximum absolute atomic E-state index is 13.5. The molecule has 0 bridgehead atoms. The highest BCUT2D eigenvalue weighted by Crippen LogP contribution is 2.32. The molecule has 0 spiro atoms. The molecule has 4 rings (SSSR count). The second-order valence-electron chi connectivity index (χ2n) is 8.18. The third-order valence-electron chi connectivity index (χ3n) is 5.59. The van der Waals surface area contributed by atoms with Crippen molar-refractivity contribution in [2.45, 2.75) is 45.4 Å². The number of nitrogens with one attached hydrogen (secondary N) is 1. The SMILES string of the molecule is CC(C)n1cnc2c1C(C(=O)NCc1cc(F)cc(F)c1)N(Cc1ccccc1)CC2. The second-order valence-corrected chi connectivity index (χ2v) is 8.18. The molecule has 1 amide bonds. The summed E-state index contributed by atoms with van der Waals surface area (Å²) in [5.41, 5.74) is 3.32. The average Bonchev–Trinajstić information content (AvgIpc) is 3.16. The predicted molar refractivity (Wildman–Crippen MR) is 114 cm³/mol. The number of carbonyl (C=O) groups excluding carboxylic acids is 1. The molecule has 2 aromatic carbocycles. The van der Waals surface area contributed by atoms with E-state index in [1.807, 2.05) is 34.9 Å². The molecule has 1 aliphatic heterocycles. The van der Waals surface area contributed by atoms with E-state index in [-0.39, 0.29) is 18.5 Å². The highest BCUT2D eigenvalue weighted by Gasteiger charge is 2.36. The number of rotatable bonds is 6. The van der Waals surface area contributed by atoms with Gasteiger partial charge in [0, 0.05) is 38.2 Å². The first-order chi connectivity index (χ1) is 14.9. The van der Waals surface area contributed by atoms with Crippen LogP contribution in [0.3, 0.4) is 0 Å². The van der Waals surface area contributed by atoms with Crippen LogP contribution >= 0.6 is 0 Å². The Labute approximate surface area is 180 Å². The molecule has 1 atom stereocenters. The van der Waals surface area contributed by atoms with E-state index in [2.05, 4.69) is 29.0 Å². The monoisotopic (exact) mass is 424 g/mol.